The van der Waals surface area contributed by atoms with Gasteiger partial charge in [0.25, 0.3) is 0 Å². The lowest BCUT2D eigenvalue weighted by Crippen LogP contribution is -2.15. The summed E-state index contributed by atoms with van der Waals surface area (Å²) in [5, 5.41) is 8.26. The Morgan fingerprint density at radius 1 is 1.62 bits per heavy atom. The van der Waals surface area contributed by atoms with Crippen LogP contribution in [0, 0.1) is 5.92 Å². The third kappa shape index (κ3) is 2.26. The van der Waals surface area contributed by atoms with E-state index in [1.165, 1.54) is 0 Å². The van der Waals surface area contributed by atoms with Crippen LogP contribution in [0.1, 0.15) is 20.3 Å². The molecule has 0 aliphatic heterocycles. The Hall–Kier alpha value is -0.110. The van der Waals surface area contributed by atoms with Crippen molar-refractivity contribution in [2.45, 2.75) is 26.4 Å². The van der Waals surface area contributed by atoms with Gasteiger partial charge >= 0.3 is 0 Å². The van der Waals surface area contributed by atoms with Gasteiger partial charge in [0, 0.05) is 0 Å². The number of hydrogen-bond acceptors (Lipinski definition) is 1. The largest absolute Gasteiger partial charge is 0.393 e. The first-order valence-electron chi connectivity index (χ1n) is 2.97. The van der Waals surface area contributed by atoms with Gasteiger partial charge in [-0.1, -0.05) is 20.3 Å². The second kappa shape index (κ2) is 3.84. The van der Waals surface area contributed by atoms with Crippen LogP contribution in [-0.4, -0.2) is 17.9 Å². The average Bonchev–Trinajstić information content (AvgIpc) is 1.84. The Kier molecular flexibility index (Phi) is 3.79. The number of halogens is 1. The molecular formula is C6H13FO. The molecule has 0 unspecified atom stereocenters. The van der Waals surface area contributed by atoms with Crippen LogP contribution in [0.25, 0.3) is 0 Å². The summed E-state index contributed by atoms with van der Waals surface area (Å²) in [7, 11) is 0. The highest BCUT2D eigenvalue weighted by atomic mass is 19.1. The Morgan fingerprint density at radius 3 is 2.25 bits per heavy atom. The summed E-state index contributed by atoms with van der Waals surface area (Å²) >= 11 is 0. The van der Waals surface area contributed by atoms with Crippen LogP contribution in [0.3, 0.4) is 0 Å². The molecule has 0 heterocycles. The van der Waals surface area contributed by atoms with Gasteiger partial charge in [0.05, 0.1) is 6.61 Å². The van der Waals surface area contributed by atoms with Crippen LogP contribution < -0.4 is 0 Å². The van der Waals surface area contributed by atoms with Crippen molar-refractivity contribution in [2.24, 2.45) is 5.92 Å². The molecule has 0 bridgehead atoms. The minimum atomic E-state index is -1.03. The fourth-order valence-corrected chi connectivity index (χ4v) is 0.436. The molecule has 2 heteroatoms. The zero-order valence-corrected chi connectivity index (χ0v) is 5.39. The topological polar surface area (TPSA) is 20.2 Å². The van der Waals surface area contributed by atoms with Crippen molar-refractivity contribution in [1.82, 2.24) is 0 Å². The smallest absolute Gasteiger partial charge is 0.126 e. The average molecular weight is 120 g/mol. The molecule has 2 atom stereocenters. The number of rotatable bonds is 3. The molecule has 0 radical (unpaired) electrons. The lowest BCUT2D eigenvalue weighted by Gasteiger charge is -2.10. The van der Waals surface area contributed by atoms with Crippen molar-refractivity contribution >= 4 is 0 Å². The summed E-state index contributed by atoms with van der Waals surface area (Å²) in [5.74, 6) is -0.000000000000000444. The minimum Gasteiger partial charge on any atom is -0.393 e. The lowest BCUT2D eigenvalue weighted by molar-refractivity contribution is 0.131. The van der Waals surface area contributed by atoms with E-state index in [2.05, 4.69) is 0 Å². The van der Waals surface area contributed by atoms with Crippen LogP contribution in [-0.2, 0) is 0 Å². The molecule has 0 aromatic rings. The molecule has 0 rings (SSSR count). The van der Waals surface area contributed by atoms with Crippen LogP contribution in [0.2, 0.25) is 0 Å². The van der Waals surface area contributed by atoms with Crippen molar-refractivity contribution < 1.29 is 9.50 Å². The molecular weight excluding hydrogens is 107 g/mol. The van der Waals surface area contributed by atoms with Gasteiger partial charge in [-0.05, 0) is 5.92 Å². The Bertz CT molecular complexity index is 48.5. The highest BCUT2D eigenvalue weighted by molar-refractivity contribution is 4.60. The quantitative estimate of drug-likeness (QED) is 0.596. The predicted molar refractivity (Wildman–Crippen MR) is 31.4 cm³/mol. The Balaban J connectivity index is 3.29. The molecule has 8 heavy (non-hydrogen) atoms. The molecule has 0 saturated carbocycles. The molecule has 0 spiro atoms. The van der Waals surface area contributed by atoms with Crippen LogP contribution in [0.5, 0.6) is 0 Å². The maximum absolute atomic E-state index is 12.3. The predicted octanol–water partition coefficient (Wildman–Crippen LogP) is 1.36. The van der Waals surface area contributed by atoms with Gasteiger partial charge in [0.2, 0.25) is 0 Å². The van der Waals surface area contributed by atoms with Crippen LogP contribution in [0.4, 0.5) is 4.39 Å². The van der Waals surface area contributed by atoms with E-state index < -0.39 is 6.17 Å². The van der Waals surface area contributed by atoms with E-state index in [1.54, 1.807) is 6.92 Å². The fourth-order valence-electron chi connectivity index (χ4n) is 0.436. The Morgan fingerprint density at radius 2 is 2.12 bits per heavy atom. The van der Waals surface area contributed by atoms with Crippen molar-refractivity contribution in [3.63, 3.8) is 0 Å². The monoisotopic (exact) mass is 120 g/mol. The molecule has 0 aromatic heterocycles. The highest BCUT2D eigenvalue weighted by Crippen LogP contribution is 2.09. The van der Waals surface area contributed by atoms with Gasteiger partial charge < -0.3 is 5.11 Å². The first-order valence-corrected chi connectivity index (χ1v) is 2.97. The Labute approximate surface area is 49.5 Å². The van der Waals surface area contributed by atoms with Crippen molar-refractivity contribution in [1.29, 1.82) is 0 Å². The third-order valence-electron chi connectivity index (χ3n) is 1.44. The van der Waals surface area contributed by atoms with Crippen molar-refractivity contribution in [3.8, 4) is 0 Å². The van der Waals surface area contributed by atoms with Crippen molar-refractivity contribution in [3.05, 3.63) is 0 Å². The molecule has 0 fully saturated rings. The van der Waals surface area contributed by atoms with E-state index in [9.17, 15) is 4.39 Å². The maximum atomic E-state index is 12.3. The van der Waals surface area contributed by atoms with E-state index in [0.717, 1.165) is 6.42 Å². The number of alkyl halides is 1. The third-order valence-corrected chi connectivity index (χ3v) is 1.44. The second-order valence-electron chi connectivity index (χ2n) is 2.08. The zero-order chi connectivity index (χ0) is 6.57. The van der Waals surface area contributed by atoms with Gasteiger partial charge in [-0.3, -0.25) is 0 Å². The minimum absolute atomic E-state index is 0.000000000000000444. The normalized spacial score (nSPS) is 18.0. The number of aliphatic hydroxyl groups is 1. The van der Waals surface area contributed by atoms with E-state index in [1.807, 2.05) is 6.92 Å². The second-order valence-corrected chi connectivity index (χ2v) is 2.08. The molecule has 0 aliphatic rings. The number of aliphatic hydroxyl groups excluding tert-OH is 1. The van der Waals surface area contributed by atoms with E-state index in [0.29, 0.717) is 0 Å². The van der Waals surface area contributed by atoms with Crippen LogP contribution >= 0.6 is 0 Å². The van der Waals surface area contributed by atoms with Gasteiger partial charge in [-0.2, -0.15) is 0 Å². The van der Waals surface area contributed by atoms with Crippen molar-refractivity contribution in [2.75, 3.05) is 6.61 Å². The van der Waals surface area contributed by atoms with Gasteiger partial charge in [0.15, 0.2) is 0 Å². The lowest BCUT2D eigenvalue weighted by atomic mass is 10.0. The molecule has 0 saturated heterocycles. The van der Waals surface area contributed by atoms with Crippen LogP contribution in [0.15, 0.2) is 0 Å². The summed E-state index contributed by atoms with van der Waals surface area (Å²) in [6.07, 6.45) is -0.234. The van der Waals surface area contributed by atoms with Gasteiger partial charge in [0.1, 0.15) is 6.17 Å². The summed E-state index contributed by atoms with van der Waals surface area (Å²) in [5.41, 5.74) is 0. The standard InChI is InChI=1S/C6H13FO/c1-3-5(2)6(7)4-8/h5-6,8H,3-4H2,1-2H3/t5-,6+/m0/s1. The maximum Gasteiger partial charge on any atom is 0.126 e. The summed E-state index contributed by atoms with van der Waals surface area (Å²) in [6, 6.07) is 0. The van der Waals surface area contributed by atoms with E-state index >= 15 is 0 Å². The highest BCUT2D eigenvalue weighted by Gasteiger charge is 2.11. The SMILES string of the molecule is CC[C@H](C)[C@H](F)CO. The van der Waals surface area contributed by atoms with E-state index in [-0.39, 0.29) is 12.5 Å². The molecule has 50 valence electrons. The molecule has 0 aliphatic carbocycles. The first-order chi connectivity index (χ1) is 3.72. The number of hydrogen-bond donors (Lipinski definition) is 1. The van der Waals surface area contributed by atoms with Gasteiger partial charge in [-0.15, -0.1) is 0 Å². The molecule has 1 N–H and O–H groups in total. The summed E-state index contributed by atoms with van der Waals surface area (Å²) in [6.45, 7) is 3.36. The van der Waals surface area contributed by atoms with E-state index in [4.69, 9.17) is 5.11 Å². The fraction of sp³-hybridized carbons (Fsp3) is 1.00. The molecule has 0 aromatic carbocycles. The zero-order valence-electron chi connectivity index (χ0n) is 5.39. The van der Waals surface area contributed by atoms with Gasteiger partial charge in [-0.25, -0.2) is 4.39 Å². The molecule has 0 amide bonds. The summed E-state index contributed by atoms with van der Waals surface area (Å²) < 4.78 is 12.3. The molecule has 1 nitrogen and oxygen atoms in total. The summed E-state index contributed by atoms with van der Waals surface area (Å²) in [4.78, 5) is 0. The first kappa shape index (κ1) is 7.89.